The van der Waals surface area contributed by atoms with Crippen molar-refractivity contribution in [2.45, 2.75) is 45.3 Å². The molecule has 0 bridgehead atoms. The molecule has 0 spiro atoms. The number of esters is 3. The third-order valence-corrected chi connectivity index (χ3v) is 5.68. The lowest BCUT2D eigenvalue weighted by atomic mass is 10.1. The number of amides is 2. The molecule has 19 heteroatoms. The van der Waals surface area contributed by atoms with E-state index in [4.69, 9.17) is 24.7 Å². The van der Waals surface area contributed by atoms with Crippen molar-refractivity contribution >= 4 is 63.3 Å². The molecule has 3 aromatic rings. The van der Waals surface area contributed by atoms with Crippen LogP contribution in [0.1, 0.15) is 27.0 Å². The topological polar surface area (TPSA) is 236 Å². The van der Waals surface area contributed by atoms with E-state index in [1.54, 1.807) is 5.38 Å². The van der Waals surface area contributed by atoms with Crippen LogP contribution in [0.5, 0.6) is 0 Å². The summed E-state index contributed by atoms with van der Waals surface area (Å²) in [5, 5.41) is 11.8. The maximum Gasteiger partial charge on any atom is 0.342 e. The second kappa shape index (κ2) is 11.7. The van der Waals surface area contributed by atoms with Crippen LogP contribution in [0.2, 0.25) is 0 Å². The molecule has 1 aliphatic rings. The molecule has 0 radical (unpaired) electrons. The summed E-state index contributed by atoms with van der Waals surface area (Å²) in [6, 6.07) is -0.702. The number of anilines is 2. The number of carbonyl (C=O) groups excluding carboxylic acids is 4. The number of ether oxygens (including phenoxy) is 4. The van der Waals surface area contributed by atoms with Gasteiger partial charge in [-0.05, 0) is 0 Å². The minimum atomic E-state index is -1.18. The van der Waals surface area contributed by atoms with Crippen molar-refractivity contribution in [2.75, 3.05) is 17.7 Å². The summed E-state index contributed by atoms with van der Waals surface area (Å²) in [5.74, 6) is -2.27. The third kappa shape index (κ3) is 6.57. The number of rotatable bonds is 8. The van der Waals surface area contributed by atoms with Crippen molar-refractivity contribution in [1.29, 1.82) is 0 Å². The molecule has 3 aromatic heterocycles. The molecule has 1 saturated heterocycles. The van der Waals surface area contributed by atoms with E-state index in [2.05, 4.69) is 41.0 Å². The highest BCUT2D eigenvalue weighted by Crippen LogP contribution is 2.36. The van der Waals surface area contributed by atoms with Gasteiger partial charge in [0.25, 0.3) is 5.95 Å². The molecule has 0 saturated carbocycles. The molecule has 39 heavy (non-hydrogen) atoms. The first-order chi connectivity index (χ1) is 18.6. The van der Waals surface area contributed by atoms with Crippen molar-refractivity contribution < 1.29 is 38.1 Å². The minimum absolute atomic E-state index is 0.0741. The Morgan fingerprint density at radius 3 is 2.51 bits per heavy atom. The number of nitrogens with zero attached hydrogens (tertiary/aromatic N) is 7. The van der Waals surface area contributed by atoms with Gasteiger partial charge in [0.1, 0.15) is 18.2 Å². The Bertz CT molecular complexity index is 1410. The number of aromatic nitrogens is 5. The molecule has 0 aromatic carbocycles. The van der Waals surface area contributed by atoms with Gasteiger partial charge in [0.2, 0.25) is 0 Å². The van der Waals surface area contributed by atoms with Crippen molar-refractivity contribution in [3.8, 4) is 0 Å². The smallest absolute Gasteiger partial charge is 0.342 e. The predicted molar refractivity (Wildman–Crippen MR) is 130 cm³/mol. The number of hydrogen-bond donors (Lipinski definition) is 3. The Kier molecular flexibility index (Phi) is 8.20. The summed E-state index contributed by atoms with van der Waals surface area (Å²) in [4.78, 5) is 63.4. The molecule has 2 amide bonds. The van der Waals surface area contributed by atoms with Gasteiger partial charge < -0.3 is 24.7 Å². The highest BCUT2D eigenvalue weighted by molar-refractivity contribution is 7.13. The molecule has 18 nitrogen and oxygen atoms in total. The second-order valence-electron chi connectivity index (χ2n) is 7.85. The summed E-state index contributed by atoms with van der Waals surface area (Å²) < 4.78 is 23.2. The van der Waals surface area contributed by atoms with Crippen LogP contribution in [-0.2, 0) is 33.3 Å². The van der Waals surface area contributed by atoms with Gasteiger partial charge in [-0.3, -0.25) is 24.3 Å². The Morgan fingerprint density at radius 2 is 1.85 bits per heavy atom. The summed E-state index contributed by atoms with van der Waals surface area (Å²) in [5.41, 5.74) is 8.41. The molecule has 0 unspecified atom stereocenters. The molecule has 4 heterocycles. The first-order valence-electron chi connectivity index (χ1n) is 11.1. The highest BCUT2D eigenvalue weighted by atomic mass is 32.1. The molecule has 4 atom stereocenters. The molecule has 0 aliphatic carbocycles. The summed E-state index contributed by atoms with van der Waals surface area (Å²) in [6.07, 6.45) is -1.62. The van der Waals surface area contributed by atoms with Crippen LogP contribution in [0.25, 0.3) is 11.2 Å². The van der Waals surface area contributed by atoms with E-state index in [0.717, 1.165) is 0 Å². The van der Waals surface area contributed by atoms with Gasteiger partial charge in [-0.1, -0.05) is 10.3 Å². The maximum atomic E-state index is 11.9. The zero-order valence-corrected chi connectivity index (χ0v) is 21.4. The molecular formula is C20H22N10O8S. The monoisotopic (exact) mass is 562 g/mol. The first-order valence-corrected chi connectivity index (χ1v) is 12.0. The Balaban J connectivity index is 1.62. The van der Waals surface area contributed by atoms with Gasteiger partial charge in [0.15, 0.2) is 35.0 Å². The quantitative estimate of drug-likeness (QED) is 0.150. The number of fused-ring (bicyclic) bond motifs is 1. The largest absolute Gasteiger partial charge is 0.463 e. The van der Waals surface area contributed by atoms with E-state index >= 15 is 0 Å². The number of hydrogen-bond acceptors (Lipinski definition) is 16. The molecule has 4 N–H and O–H groups in total. The van der Waals surface area contributed by atoms with Gasteiger partial charge in [0, 0.05) is 32.3 Å². The fourth-order valence-corrected chi connectivity index (χ4v) is 4.12. The average Bonchev–Trinajstić information content (AvgIpc) is 3.58. The van der Waals surface area contributed by atoms with Gasteiger partial charge in [-0.15, -0.1) is 11.3 Å². The van der Waals surface area contributed by atoms with E-state index < -0.39 is 48.5 Å². The van der Waals surface area contributed by atoms with Crippen LogP contribution in [0.4, 0.5) is 21.7 Å². The second-order valence-corrected chi connectivity index (χ2v) is 8.75. The summed E-state index contributed by atoms with van der Waals surface area (Å²) in [6.45, 7) is 3.25. The van der Waals surface area contributed by atoms with Crippen LogP contribution in [0.3, 0.4) is 0 Å². The van der Waals surface area contributed by atoms with Crippen molar-refractivity contribution in [3.63, 3.8) is 0 Å². The lowest BCUT2D eigenvalue weighted by Gasteiger charge is -2.23. The summed E-state index contributed by atoms with van der Waals surface area (Å²) in [7, 11) is 0. The van der Waals surface area contributed by atoms with Crippen molar-refractivity contribution in [3.05, 3.63) is 17.9 Å². The van der Waals surface area contributed by atoms with Crippen molar-refractivity contribution in [2.24, 2.45) is 10.3 Å². The first kappa shape index (κ1) is 27.3. The van der Waals surface area contributed by atoms with Crippen LogP contribution in [0.15, 0.2) is 28.2 Å². The van der Waals surface area contributed by atoms with Gasteiger partial charge in [0.05, 0.1) is 6.33 Å². The summed E-state index contributed by atoms with van der Waals surface area (Å²) >= 11 is 1.21. The minimum Gasteiger partial charge on any atom is -0.463 e. The highest BCUT2D eigenvalue weighted by Gasteiger charge is 2.51. The van der Waals surface area contributed by atoms with Crippen LogP contribution in [-0.4, -0.2) is 73.4 Å². The average molecular weight is 563 g/mol. The van der Waals surface area contributed by atoms with Gasteiger partial charge in [-0.2, -0.15) is 9.97 Å². The Labute approximate surface area is 222 Å². The van der Waals surface area contributed by atoms with E-state index in [-0.39, 0.29) is 29.5 Å². The lowest BCUT2D eigenvalue weighted by molar-refractivity contribution is -0.166. The van der Waals surface area contributed by atoms with Crippen LogP contribution < -0.4 is 16.5 Å². The number of imidazole rings is 1. The molecule has 4 rings (SSSR count). The lowest BCUT2D eigenvalue weighted by Crippen LogP contribution is -2.40. The van der Waals surface area contributed by atoms with E-state index in [9.17, 15) is 19.2 Å². The van der Waals surface area contributed by atoms with Gasteiger partial charge in [-0.25, -0.2) is 20.2 Å². The predicted octanol–water partition coefficient (Wildman–Crippen LogP) is 1.01. The zero-order chi connectivity index (χ0) is 28.1. The number of nitrogens with one attached hydrogen (secondary N) is 2. The molecule has 206 valence electrons. The van der Waals surface area contributed by atoms with Crippen LogP contribution >= 0.6 is 11.3 Å². The number of urea groups is 1. The zero-order valence-electron chi connectivity index (χ0n) is 20.6. The SMILES string of the molecule is CC(=O)OC[C@H]1O[C@@H](n2cnc3c(N)nc(/N=N/NC(=O)Nc4nccs4)nc32)[C@H](OC(C)=O)[C@@H]1OC(C)=O. The maximum absolute atomic E-state index is 11.9. The van der Waals surface area contributed by atoms with E-state index in [1.807, 2.05) is 0 Å². The molecular weight excluding hydrogens is 540 g/mol. The van der Waals surface area contributed by atoms with Gasteiger partial charge >= 0.3 is 23.9 Å². The third-order valence-electron chi connectivity index (χ3n) is 4.99. The number of nitrogens with two attached hydrogens (primary N) is 1. The number of nitrogen functional groups attached to an aromatic ring is 1. The van der Waals surface area contributed by atoms with E-state index in [0.29, 0.717) is 5.13 Å². The Hall–Kier alpha value is -4.78. The normalized spacial score (nSPS) is 20.6. The fourth-order valence-electron chi connectivity index (χ4n) is 3.60. The molecule has 1 fully saturated rings. The standard InChI is InChI=1S/C20H22N10O8S/c1-8(31)35-6-11-13(36-9(2)32)14(37-10(3)33)17(38-11)30-7-23-12-15(21)24-18(25-16(12)30)27-29-28-19(34)26-20-22-4-5-39-20/h4-5,7,11,13-14,17H,6H2,1-3H3,(H4,21,22,24,25,26,27,28,34)/t11-,13-,14-,17-/m1/s1. The number of thiazole rings is 1. The fraction of sp³-hybridized carbons (Fsp3) is 0.400. The van der Waals surface area contributed by atoms with E-state index in [1.165, 1.54) is 49.2 Å². The number of carbonyl (C=O) groups is 4. The molecule has 1 aliphatic heterocycles. The van der Waals surface area contributed by atoms with Crippen molar-refractivity contribution in [1.82, 2.24) is 29.9 Å². The van der Waals surface area contributed by atoms with Crippen LogP contribution in [0, 0.1) is 0 Å². The Morgan fingerprint density at radius 1 is 1.10 bits per heavy atom.